The lowest BCUT2D eigenvalue weighted by atomic mass is 10.1. The fraction of sp³-hybridized carbons (Fsp3) is 0.462. The topological polar surface area (TPSA) is 53.1 Å². The summed E-state index contributed by atoms with van der Waals surface area (Å²) in [5, 5.41) is 7.38. The van der Waals surface area contributed by atoms with E-state index < -0.39 is 0 Å². The third-order valence-corrected chi connectivity index (χ3v) is 3.44. The van der Waals surface area contributed by atoms with Gasteiger partial charge in [-0.25, -0.2) is 4.39 Å². The first-order valence-corrected chi connectivity index (χ1v) is 6.75. The van der Waals surface area contributed by atoms with Crippen LogP contribution < -0.4 is 10.6 Å². The zero-order valence-electron chi connectivity index (χ0n) is 10.9. The molecule has 0 atom stereocenters. The monoisotopic (exact) mass is 315 g/mol. The van der Waals surface area contributed by atoms with Crippen molar-refractivity contribution < 1.29 is 4.39 Å². The Bertz CT molecular complexity index is 446. The smallest absolute Gasteiger partial charge is 0.161 e. The van der Waals surface area contributed by atoms with E-state index in [1.807, 2.05) is 11.8 Å². The fourth-order valence-corrected chi connectivity index (χ4v) is 2.38. The summed E-state index contributed by atoms with van der Waals surface area (Å²) >= 11 is 3.17. The number of nitrogens with one attached hydrogen (secondary N) is 1. The minimum absolute atomic E-state index is 0.140. The van der Waals surface area contributed by atoms with Gasteiger partial charge in [0.1, 0.15) is 5.84 Å². The Morgan fingerprint density at radius 1 is 1.50 bits per heavy atom. The molecule has 0 bridgehead atoms. The molecule has 0 saturated carbocycles. The number of rotatable bonds is 5. The van der Waals surface area contributed by atoms with Crippen molar-refractivity contribution in [2.45, 2.75) is 20.8 Å². The minimum Gasteiger partial charge on any atom is -0.384 e. The molecule has 0 aromatic heterocycles. The molecule has 100 valence electrons. The van der Waals surface area contributed by atoms with E-state index in [0.29, 0.717) is 17.2 Å². The van der Waals surface area contributed by atoms with Crippen LogP contribution in [0.15, 0.2) is 16.6 Å². The van der Waals surface area contributed by atoms with Gasteiger partial charge >= 0.3 is 0 Å². The highest BCUT2D eigenvalue weighted by atomic mass is 79.9. The Hall–Kier alpha value is -1.10. The van der Waals surface area contributed by atoms with Gasteiger partial charge in [0.2, 0.25) is 0 Å². The largest absolute Gasteiger partial charge is 0.384 e. The average Bonchev–Trinajstić information content (AvgIpc) is 2.29. The molecule has 1 aromatic rings. The first kappa shape index (κ1) is 15.0. The second kappa shape index (κ2) is 6.18. The van der Waals surface area contributed by atoms with Crippen LogP contribution in [0.1, 0.15) is 26.3 Å². The number of amidine groups is 1. The van der Waals surface area contributed by atoms with Gasteiger partial charge in [0, 0.05) is 18.7 Å². The summed E-state index contributed by atoms with van der Waals surface area (Å²) in [5.41, 5.74) is 6.33. The van der Waals surface area contributed by atoms with Gasteiger partial charge in [0.15, 0.2) is 5.82 Å². The maximum Gasteiger partial charge on any atom is 0.161 e. The average molecular weight is 316 g/mol. The van der Waals surface area contributed by atoms with Gasteiger partial charge in [-0.3, -0.25) is 5.41 Å². The molecule has 5 heteroatoms. The van der Waals surface area contributed by atoms with Gasteiger partial charge in [-0.2, -0.15) is 0 Å². The van der Waals surface area contributed by atoms with Gasteiger partial charge in [-0.1, -0.05) is 13.8 Å². The molecule has 1 aromatic carbocycles. The van der Waals surface area contributed by atoms with Crippen molar-refractivity contribution in [3.63, 3.8) is 0 Å². The normalized spacial score (nSPS) is 10.8. The molecule has 0 aliphatic rings. The van der Waals surface area contributed by atoms with Crippen LogP contribution in [0.4, 0.5) is 10.1 Å². The maximum absolute atomic E-state index is 14.3. The van der Waals surface area contributed by atoms with Crippen molar-refractivity contribution in [3.05, 3.63) is 28.0 Å². The lowest BCUT2D eigenvalue weighted by molar-refractivity contribution is 0.583. The van der Waals surface area contributed by atoms with Crippen molar-refractivity contribution >= 4 is 27.5 Å². The van der Waals surface area contributed by atoms with Crippen molar-refractivity contribution in [1.82, 2.24) is 0 Å². The Kier molecular flexibility index (Phi) is 5.14. The predicted molar refractivity (Wildman–Crippen MR) is 77.8 cm³/mol. The van der Waals surface area contributed by atoms with Crippen LogP contribution in [0.3, 0.4) is 0 Å². The van der Waals surface area contributed by atoms with E-state index in [1.165, 1.54) is 0 Å². The van der Waals surface area contributed by atoms with E-state index >= 15 is 0 Å². The third kappa shape index (κ3) is 3.22. The first-order valence-electron chi connectivity index (χ1n) is 5.95. The summed E-state index contributed by atoms with van der Waals surface area (Å²) in [6.45, 7) is 7.72. The van der Waals surface area contributed by atoms with Crippen molar-refractivity contribution in [2.75, 3.05) is 18.0 Å². The standard InChI is InChI=1S/C13H19BrFN3/c1-4-18(7-8(2)3)10-6-5-9(13(16)17)11(14)12(10)15/h5-6,8H,4,7H2,1-3H3,(H3,16,17). The predicted octanol–water partition coefficient (Wildman–Crippen LogP) is 3.35. The SMILES string of the molecule is CCN(CC(C)C)c1ccc(C(=N)N)c(Br)c1F. The summed E-state index contributed by atoms with van der Waals surface area (Å²) in [5.74, 6) is -0.0416. The molecule has 0 radical (unpaired) electrons. The quantitative estimate of drug-likeness (QED) is 0.646. The molecular formula is C13H19BrFN3. The Labute approximate surface area is 116 Å². The lowest BCUT2D eigenvalue weighted by Crippen LogP contribution is -2.28. The lowest BCUT2D eigenvalue weighted by Gasteiger charge is -2.26. The molecule has 0 saturated heterocycles. The number of nitrogens with zero attached hydrogens (tertiary/aromatic N) is 1. The number of halogens is 2. The Balaban J connectivity index is 3.18. The van der Waals surface area contributed by atoms with Gasteiger partial charge < -0.3 is 10.6 Å². The molecule has 0 fully saturated rings. The van der Waals surface area contributed by atoms with Crippen LogP contribution in [0.5, 0.6) is 0 Å². The van der Waals surface area contributed by atoms with Gasteiger partial charge in [-0.05, 0) is 40.9 Å². The summed E-state index contributed by atoms with van der Waals surface area (Å²) in [7, 11) is 0. The molecule has 0 heterocycles. The van der Waals surface area contributed by atoms with Crippen molar-refractivity contribution in [1.29, 1.82) is 5.41 Å². The molecule has 3 N–H and O–H groups in total. The van der Waals surface area contributed by atoms with Gasteiger partial charge in [0.25, 0.3) is 0 Å². The second-order valence-corrected chi connectivity index (χ2v) is 5.40. The van der Waals surface area contributed by atoms with Crippen LogP contribution in [0.2, 0.25) is 0 Å². The third-order valence-electron chi connectivity index (χ3n) is 2.66. The molecule has 0 spiro atoms. The number of hydrogen-bond donors (Lipinski definition) is 2. The number of hydrogen-bond acceptors (Lipinski definition) is 2. The van der Waals surface area contributed by atoms with Crippen LogP contribution >= 0.6 is 15.9 Å². The number of anilines is 1. The molecule has 1 rings (SSSR count). The number of nitrogens with two attached hydrogens (primary N) is 1. The second-order valence-electron chi connectivity index (χ2n) is 4.61. The van der Waals surface area contributed by atoms with E-state index in [9.17, 15) is 4.39 Å². The molecule has 0 amide bonds. The van der Waals surface area contributed by atoms with Gasteiger partial charge in [0.05, 0.1) is 10.2 Å². The molecule has 0 aliphatic carbocycles. The van der Waals surface area contributed by atoms with E-state index in [0.717, 1.165) is 13.1 Å². The summed E-state index contributed by atoms with van der Waals surface area (Å²) in [6, 6.07) is 3.36. The highest BCUT2D eigenvalue weighted by Crippen LogP contribution is 2.29. The molecule has 0 unspecified atom stereocenters. The van der Waals surface area contributed by atoms with E-state index in [4.69, 9.17) is 11.1 Å². The number of benzene rings is 1. The van der Waals surface area contributed by atoms with Crippen LogP contribution in [-0.2, 0) is 0 Å². The highest BCUT2D eigenvalue weighted by molar-refractivity contribution is 9.10. The Morgan fingerprint density at radius 2 is 2.11 bits per heavy atom. The minimum atomic E-state index is -0.356. The van der Waals surface area contributed by atoms with Crippen molar-refractivity contribution in [2.24, 2.45) is 11.7 Å². The molecule has 3 nitrogen and oxygen atoms in total. The van der Waals surface area contributed by atoms with Crippen molar-refractivity contribution in [3.8, 4) is 0 Å². The van der Waals surface area contributed by atoms with E-state index in [2.05, 4.69) is 29.8 Å². The summed E-state index contributed by atoms with van der Waals surface area (Å²) in [4.78, 5) is 1.98. The summed E-state index contributed by atoms with van der Waals surface area (Å²) in [6.07, 6.45) is 0. The molecule has 18 heavy (non-hydrogen) atoms. The van der Waals surface area contributed by atoms with Gasteiger partial charge in [-0.15, -0.1) is 0 Å². The fourth-order valence-electron chi connectivity index (χ4n) is 1.83. The molecular weight excluding hydrogens is 297 g/mol. The molecule has 0 aliphatic heterocycles. The highest BCUT2D eigenvalue weighted by Gasteiger charge is 2.17. The van der Waals surface area contributed by atoms with Crippen LogP contribution in [-0.4, -0.2) is 18.9 Å². The zero-order valence-corrected chi connectivity index (χ0v) is 12.5. The van der Waals surface area contributed by atoms with E-state index in [1.54, 1.807) is 12.1 Å². The Morgan fingerprint density at radius 3 is 2.56 bits per heavy atom. The number of nitrogen functional groups attached to an aromatic ring is 1. The van der Waals surface area contributed by atoms with E-state index in [-0.39, 0.29) is 16.1 Å². The zero-order chi connectivity index (χ0) is 13.9. The summed E-state index contributed by atoms with van der Waals surface area (Å²) < 4.78 is 14.5. The first-order chi connectivity index (χ1) is 8.38. The van der Waals surface area contributed by atoms with Crippen LogP contribution in [0.25, 0.3) is 0 Å². The van der Waals surface area contributed by atoms with Crippen LogP contribution in [0, 0.1) is 17.1 Å². The maximum atomic E-state index is 14.3.